The van der Waals surface area contributed by atoms with Gasteiger partial charge in [-0.15, -0.1) is 0 Å². The number of benzene rings is 1. The van der Waals surface area contributed by atoms with Crippen LogP contribution in [-0.2, 0) is 6.42 Å². The number of piperidine rings is 1. The van der Waals surface area contributed by atoms with Crippen LogP contribution < -0.4 is 5.32 Å². The number of rotatable bonds is 7. The highest BCUT2D eigenvalue weighted by Crippen LogP contribution is 2.30. The number of nitrogens with zero attached hydrogens (tertiary/aromatic N) is 1. The van der Waals surface area contributed by atoms with E-state index in [1.54, 1.807) is 0 Å². The molecule has 0 radical (unpaired) electrons. The van der Waals surface area contributed by atoms with E-state index >= 15 is 0 Å². The summed E-state index contributed by atoms with van der Waals surface area (Å²) in [6.45, 7) is 7.20. The van der Waals surface area contributed by atoms with Crippen LogP contribution in [0, 0.1) is 11.8 Å². The lowest BCUT2D eigenvalue weighted by atomic mass is 9.83. The lowest BCUT2D eigenvalue weighted by Crippen LogP contribution is -2.37. The van der Waals surface area contributed by atoms with Crippen molar-refractivity contribution >= 4 is 27.5 Å². The van der Waals surface area contributed by atoms with Gasteiger partial charge in [0.05, 0.1) is 0 Å². The van der Waals surface area contributed by atoms with E-state index in [1.807, 2.05) is 6.07 Å². The van der Waals surface area contributed by atoms with Crippen LogP contribution in [0.1, 0.15) is 57.4 Å². The van der Waals surface area contributed by atoms with E-state index in [0.717, 1.165) is 35.9 Å². The minimum Gasteiger partial charge on any atom is -0.314 e. The Morgan fingerprint density at radius 1 is 1.08 bits per heavy atom. The Balaban J connectivity index is 1.35. The molecular formula is C22H34BrClN2. The molecule has 1 aromatic carbocycles. The zero-order valence-corrected chi connectivity index (χ0v) is 18.5. The standard InChI is InChI=1S/C22H34BrClN2/c1-2-25-21-6-3-17(4-7-21)9-12-26-13-10-18(11-14-26)15-19-16-20(24)5-8-22(19)23/h5,8,16-18,21,25H,2-4,6-7,9-15H2,1H3/t17-,21-. The molecule has 1 saturated heterocycles. The first-order valence-corrected chi connectivity index (χ1v) is 11.7. The molecule has 4 heteroatoms. The second-order valence-electron chi connectivity index (χ2n) is 8.29. The Hall–Kier alpha value is -0.0900. The van der Waals surface area contributed by atoms with Gasteiger partial charge in [-0.25, -0.2) is 0 Å². The van der Waals surface area contributed by atoms with Crippen molar-refractivity contribution in [1.29, 1.82) is 0 Å². The summed E-state index contributed by atoms with van der Waals surface area (Å²) < 4.78 is 1.21. The van der Waals surface area contributed by atoms with Gasteiger partial charge in [-0.3, -0.25) is 0 Å². The van der Waals surface area contributed by atoms with Crippen molar-refractivity contribution in [2.75, 3.05) is 26.2 Å². The smallest absolute Gasteiger partial charge is 0.0409 e. The first-order valence-electron chi connectivity index (χ1n) is 10.5. The third-order valence-electron chi connectivity index (χ3n) is 6.42. The second-order valence-corrected chi connectivity index (χ2v) is 9.58. The molecule has 0 spiro atoms. The average Bonchev–Trinajstić information content (AvgIpc) is 2.65. The first-order chi connectivity index (χ1) is 12.6. The maximum Gasteiger partial charge on any atom is 0.0409 e. The predicted octanol–water partition coefficient (Wildman–Crippen LogP) is 5.92. The monoisotopic (exact) mass is 440 g/mol. The number of hydrogen-bond acceptors (Lipinski definition) is 2. The predicted molar refractivity (Wildman–Crippen MR) is 116 cm³/mol. The summed E-state index contributed by atoms with van der Waals surface area (Å²) >= 11 is 9.84. The van der Waals surface area contributed by atoms with Crippen LogP contribution in [0.2, 0.25) is 5.02 Å². The van der Waals surface area contributed by atoms with Gasteiger partial charge in [0.25, 0.3) is 0 Å². The molecule has 0 amide bonds. The molecule has 1 heterocycles. The molecule has 0 aromatic heterocycles. The lowest BCUT2D eigenvalue weighted by molar-refractivity contribution is 0.163. The highest BCUT2D eigenvalue weighted by molar-refractivity contribution is 9.10. The third-order valence-corrected chi connectivity index (χ3v) is 7.43. The summed E-state index contributed by atoms with van der Waals surface area (Å²) in [7, 11) is 0. The summed E-state index contributed by atoms with van der Waals surface area (Å²) in [6, 6.07) is 6.96. The fraction of sp³-hybridized carbons (Fsp3) is 0.727. The van der Waals surface area contributed by atoms with Crippen molar-refractivity contribution in [3.63, 3.8) is 0 Å². The van der Waals surface area contributed by atoms with Crippen LogP contribution in [0.5, 0.6) is 0 Å². The molecule has 0 bridgehead atoms. The van der Waals surface area contributed by atoms with Crippen LogP contribution in [-0.4, -0.2) is 37.1 Å². The SMILES string of the molecule is CCN[C@H]1CC[C@H](CCN2CCC(Cc3cc(Cl)ccc3Br)CC2)CC1. The van der Waals surface area contributed by atoms with Crippen molar-refractivity contribution in [3.8, 4) is 0 Å². The van der Waals surface area contributed by atoms with Gasteiger partial charge < -0.3 is 10.2 Å². The van der Waals surface area contributed by atoms with E-state index in [1.165, 1.54) is 74.6 Å². The molecule has 1 saturated carbocycles. The van der Waals surface area contributed by atoms with E-state index in [0.29, 0.717) is 0 Å². The Kier molecular flexibility index (Phi) is 8.30. The van der Waals surface area contributed by atoms with Crippen LogP contribution in [0.4, 0.5) is 0 Å². The number of hydrogen-bond donors (Lipinski definition) is 1. The van der Waals surface area contributed by atoms with Crippen molar-refractivity contribution in [2.24, 2.45) is 11.8 Å². The molecular weight excluding hydrogens is 408 g/mol. The molecule has 1 aliphatic carbocycles. The van der Waals surface area contributed by atoms with Crippen molar-refractivity contribution in [3.05, 3.63) is 33.3 Å². The molecule has 146 valence electrons. The topological polar surface area (TPSA) is 15.3 Å². The van der Waals surface area contributed by atoms with Gasteiger partial charge in [0.1, 0.15) is 0 Å². The number of nitrogens with one attached hydrogen (secondary N) is 1. The van der Waals surface area contributed by atoms with Gasteiger partial charge in [-0.2, -0.15) is 0 Å². The van der Waals surface area contributed by atoms with Crippen LogP contribution in [0.3, 0.4) is 0 Å². The van der Waals surface area contributed by atoms with Crippen LogP contribution >= 0.6 is 27.5 Å². The van der Waals surface area contributed by atoms with Crippen LogP contribution in [0.15, 0.2) is 22.7 Å². The fourth-order valence-corrected chi connectivity index (χ4v) is 5.34. The van der Waals surface area contributed by atoms with Crippen molar-refractivity contribution in [2.45, 2.75) is 64.3 Å². The van der Waals surface area contributed by atoms with Gasteiger partial charge >= 0.3 is 0 Å². The third kappa shape index (κ3) is 6.22. The molecule has 1 N–H and O–H groups in total. The Morgan fingerprint density at radius 3 is 2.50 bits per heavy atom. The highest BCUT2D eigenvalue weighted by Gasteiger charge is 2.23. The fourth-order valence-electron chi connectivity index (χ4n) is 4.73. The largest absolute Gasteiger partial charge is 0.314 e. The molecule has 3 rings (SSSR count). The summed E-state index contributed by atoms with van der Waals surface area (Å²) in [5, 5.41) is 4.47. The molecule has 2 aliphatic rings. The molecule has 1 aliphatic heterocycles. The lowest BCUT2D eigenvalue weighted by Gasteiger charge is -2.34. The average molecular weight is 442 g/mol. The number of likely N-dealkylation sites (tertiary alicyclic amines) is 1. The van der Waals surface area contributed by atoms with E-state index in [9.17, 15) is 0 Å². The van der Waals surface area contributed by atoms with E-state index in [-0.39, 0.29) is 0 Å². The van der Waals surface area contributed by atoms with Crippen molar-refractivity contribution < 1.29 is 0 Å². The normalized spacial score (nSPS) is 25.5. The number of halogens is 2. The van der Waals surface area contributed by atoms with E-state index in [4.69, 9.17) is 11.6 Å². The van der Waals surface area contributed by atoms with E-state index < -0.39 is 0 Å². The van der Waals surface area contributed by atoms with Gasteiger partial charge in [0.15, 0.2) is 0 Å². The van der Waals surface area contributed by atoms with E-state index in [2.05, 4.69) is 45.2 Å². The second kappa shape index (κ2) is 10.5. The molecule has 2 nitrogen and oxygen atoms in total. The zero-order chi connectivity index (χ0) is 18.4. The highest BCUT2D eigenvalue weighted by atomic mass is 79.9. The summed E-state index contributed by atoms with van der Waals surface area (Å²) in [5.74, 6) is 1.77. The maximum absolute atomic E-state index is 6.17. The molecule has 0 unspecified atom stereocenters. The molecule has 26 heavy (non-hydrogen) atoms. The zero-order valence-electron chi connectivity index (χ0n) is 16.2. The Morgan fingerprint density at radius 2 is 1.81 bits per heavy atom. The van der Waals surface area contributed by atoms with Gasteiger partial charge in [-0.05, 0) is 113 Å². The van der Waals surface area contributed by atoms with Crippen LogP contribution in [0.25, 0.3) is 0 Å². The first kappa shape index (κ1) is 20.6. The minimum atomic E-state index is 0.790. The van der Waals surface area contributed by atoms with Gasteiger partial charge in [-0.1, -0.05) is 34.5 Å². The van der Waals surface area contributed by atoms with Crippen molar-refractivity contribution in [1.82, 2.24) is 10.2 Å². The Bertz CT molecular complexity index is 549. The molecule has 2 fully saturated rings. The Labute approximate surface area is 173 Å². The summed E-state index contributed by atoms with van der Waals surface area (Å²) in [5.41, 5.74) is 1.37. The van der Waals surface area contributed by atoms with Gasteiger partial charge in [0, 0.05) is 15.5 Å². The molecule has 0 atom stereocenters. The summed E-state index contributed by atoms with van der Waals surface area (Å²) in [4.78, 5) is 2.71. The minimum absolute atomic E-state index is 0.790. The summed E-state index contributed by atoms with van der Waals surface area (Å²) in [6.07, 6.45) is 10.8. The quantitative estimate of drug-likeness (QED) is 0.565. The van der Waals surface area contributed by atoms with Gasteiger partial charge in [0.2, 0.25) is 0 Å². The molecule has 1 aromatic rings. The maximum atomic E-state index is 6.17.